The number of sulfone groups is 1. The highest BCUT2D eigenvalue weighted by Gasteiger charge is 2.49. The van der Waals surface area contributed by atoms with Gasteiger partial charge >= 0.3 is 0 Å². The van der Waals surface area contributed by atoms with Gasteiger partial charge in [-0.1, -0.05) is 0 Å². The van der Waals surface area contributed by atoms with Gasteiger partial charge in [0.25, 0.3) is 0 Å². The molecule has 0 aliphatic heterocycles. The van der Waals surface area contributed by atoms with Gasteiger partial charge in [0.15, 0.2) is 0 Å². The highest BCUT2D eigenvalue weighted by atomic mass is 35.5. The molecule has 2 rings (SSSR count). The minimum Gasteiger partial charge on any atom is -0.344 e. The third kappa shape index (κ3) is 3.61. The van der Waals surface area contributed by atoms with Gasteiger partial charge in [-0.25, -0.2) is 8.42 Å². The van der Waals surface area contributed by atoms with Gasteiger partial charge in [-0.3, -0.25) is 4.79 Å². The molecule has 112 valence electrons. The second-order valence-electron chi connectivity index (χ2n) is 5.83. The molecule has 5 nitrogen and oxygen atoms in total. The molecule has 2 bridgehead atoms. The number of hydrogen-bond donors (Lipinski definition) is 1. The molecule has 2 N–H and O–H groups in total. The third-order valence-electron chi connectivity index (χ3n) is 4.44. The number of carbonyl (C=O) groups excluding carboxylic acids is 1. The number of nitrogens with zero attached hydrogens (tertiary/aromatic N) is 1. The van der Waals surface area contributed by atoms with Gasteiger partial charge in [-0.05, 0) is 31.1 Å². The van der Waals surface area contributed by atoms with E-state index in [1.165, 1.54) is 11.2 Å². The summed E-state index contributed by atoms with van der Waals surface area (Å²) in [6.45, 7) is 0.262. The lowest BCUT2D eigenvalue weighted by molar-refractivity contribution is -0.136. The van der Waals surface area contributed by atoms with Crippen LogP contribution in [0, 0.1) is 17.8 Å². The predicted octanol–water partition coefficient (Wildman–Crippen LogP) is 0.285. The molecule has 4 atom stereocenters. The fourth-order valence-corrected chi connectivity index (χ4v) is 3.98. The minimum absolute atomic E-state index is 0. The van der Waals surface area contributed by atoms with Gasteiger partial charge in [0.2, 0.25) is 5.91 Å². The van der Waals surface area contributed by atoms with Gasteiger partial charge in [0.05, 0.1) is 11.7 Å². The molecule has 2 aliphatic carbocycles. The van der Waals surface area contributed by atoms with Crippen LogP contribution in [0.1, 0.15) is 19.3 Å². The maximum Gasteiger partial charge on any atom is 0.227 e. The lowest BCUT2D eigenvalue weighted by atomic mass is 9.84. The van der Waals surface area contributed by atoms with E-state index < -0.39 is 9.84 Å². The van der Waals surface area contributed by atoms with E-state index in [2.05, 4.69) is 0 Å². The van der Waals surface area contributed by atoms with Crippen molar-refractivity contribution in [1.29, 1.82) is 0 Å². The highest BCUT2D eigenvalue weighted by molar-refractivity contribution is 7.90. The molecule has 4 unspecified atom stereocenters. The molecule has 19 heavy (non-hydrogen) atoms. The Bertz CT molecular complexity index is 438. The second-order valence-corrected chi connectivity index (χ2v) is 8.09. The molecule has 0 saturated heterocycles. The summed E-state index contributed by atoms with van der Waals surface area (Å²) in [4.78, 5) is 13.8. The molecule has 2 saturated carbocycles. The van der Waals surface area contributed by atoms with E-state index in [0.717, 1.165) is 19.3 Å². The molecule has 0 heterocycles. The third-order valence-corrected chi connectivity index (χ3v) is 5.36. The summed E-state index contributed by atoms with van der Waals surface area (Å²) in [7, 11) is -1.35. The van der Waals surface area contributed by atoms with Gasteiger partial charge in [-0.15, -0.1) is 12.4 Å². The average molecular weight is 311 g/mol. The van der Waals surface area contributed by atoms with Crippen molar-refractivity contribution < 1.29 is 13.2 Å². The maximum atomic E-state index is 12.3. The molecular weight excluding hydrogens is 288 g/mol. The Morgan fingerprint density at radius 1 is 1.32 bits per heavy atom. The van der Waals surface area contributed by atoms with Crippen LogP contribution in [0.25, 0.3) is 0 Å². The molecular formula is C12H23ClN2O3S. The SMILES string of the molecule is CN(CCS(C)(=O)=O)C(=O)C1C2CCC(C2)C1N.Cl. The zero-order valence-corrected chi connectivity index (χ0v) is 13.0. The Kier molecular flexibility index (Phi) is 5.26. The summed E-state index contributed by atoms with van der Waals surface area (Å²) < 4.78 is 22.2. The van der Waals surface area contributed by atoms with Gasteiger partial charge in [0.1, 0.15) is 9.84 Å². The van der Waals surface area contributed by atoms with E-state index >= 15 is 0 Å². The van der Waals surface area contributed by atoms with Crippen LogP contribution < -0.4 is 5.73 Å². The van der Waals surface area contributed by atoms with Crippen LogP contribution >= 0.6 is 12.4 Å². The molecule has 1 amide bonds. The summed E-state index contributed by atoms with van der Waals surface area (Å²) >= 11 is 0. The predicted molar refractivity (Wildman–Crippen MR) is 76.9 cm³/mol. The van der Waals surface area contributed by atoms with E-state index in [4.69, 9.17) is 5.73 Å². The van der Waals surface area contributed by atoms with Crippen molar-refractivity contribution in [1.82, 2.24) is 4.90 Å². The van der Waals surface area contributed by atoms with E-state index in [1.807, 2.05) is 0 Å². The summed E-state index contributed by atoms with van der Waals surface area (Å²) in [5.41, 5.74) is 6.12. The Morgan fingerprint density at radius 3 is 2.37 bits per heavy atom. The normalized spacial score (nSPS) is 33.0. The van der Waals surface area contributed by atoms with E-state index in [1.54, 1.807) is 7.05 Å². The van der Waals surface area contributed by atoms with Gasteiger partial charge in [-0.2, -0.15) is 0 Å². The Hall–Kier alpha value is -0.330. The van der Waals surface area contributed by atoms with Crippen molar-refractivity contribution in [3.63, 3.8) is 0 Å². The highest BCUT2D eigenvalue weighted by Crippen LogP contribution is 2.48. The molecule has 0 radical (unpaired) electrons. The van der Waals surface area contributed by atoms with Crippen molar-refractivity contribution in [3.8, 4) is 0 Å². The number of rotatable bonds is 4. The lowest BCUT2D eigenvalue weighted by Gasteiger charge is -2.30. The van der Waals surface area contributed by atoms with Crippen molar-refractivity contribution in [2.24, 2.45) is 23.5 Å². The fourth-order valence-electron chi connectivity index (χ4n) is 3.37. The van der Waals surface area contributed by atoms with Crippen molar-refractivity contribution in [3.05, 3.63) is 0 Å². The van der Waals surface area contributed by atoms with Crippen LogP contribution in [-0.2, 0) is 14.6 Å². The number of halogens is 1. The molecule has 0 spiro atoms. The molecule has 2 aliphatic rings. The maximum absolute atomic E-state index is 12.3. The van der Waals surface area contributed by atoms with Crippen molar-refractivity contribution in [2.75, 3.05) is 25.6 Å². The summed E-state index contributed by atoms with van der Waals surface area (Å²) in [6.07, 6.45) is 4.49. The van der Waals surface area contributed by atoms with Crippen LogP contribution in [-0.4, -0.2) is 50.9 Å². The molecule has 0 aromatic rings. The smallest absolute Gasteiger partial charge is 0.227 e. The summed E-state index contributed by atoms with van der Waals surface area (Å²) in [6, 6.07) is -0.0306. The topological polar surface area (TPSA) is 80.5 Å². The monoisotopic (exact) mass is 310 g/mol. The zero-order chi connectivity index (χ0) is 13.5. The molecule has 0 aromatic carbocycles. The van der Waals surface area contributed by atoms with Crippen molar-refractivity contribution in [2.45, 2.75) is 25.3 Å². The molecule has 7 heteroatoms. The van der Waals surface area contributed by atoms with Crippen LogP contribution in [0.4, 0.5) is 0 Å². The van der Waals surface area contributed by atoms with Crippen LogP contribution in [0.3, 0.4) is 0 Å². The number of amides is 1. The number of carbonyl (C=O) groups is 1. The summed E-state index contributed by atoms with van der Waals surface area (Å²) in [5.74, 6) is 0.864. The van der Waals surface area contributed by atoms with Gasteiger partial charge in [0, 0.05) is 25.9 Å². The van der Waals surface area contributed by atoms with E-state index in [9.17, 15) is 13.2 Å². The second kappa shape index (κ2) is 5.97. The first-order chi connectivity index (χ1) is 8.29. The number of nitrogens with two attached hydrogens (primary N) is 1. The first-order valence-electron chi connectivity index (χ1n) is 6.48. The zero-order valence-electron chi connectivity index (χ0n) is 11.4. The van der Waals surface area contributed by atoms with Crippen LogP contribution in [0.15, 0.2) is 0 Å². The average Bonchev–Trinajstić information content (AvgIpc) is 2.84. The van der Waals surface area contributed by atoms with Crippen molar-refractivity contribution >= 4 is 28.2 Å². The first kappa shape index (κ1) is 16.7. The lowest BCUT2D eigenvalue weighted by Crippen LogP contribution is -2.46. The fraction of sp³-hybridized carbons (Fsp3) is 0.917. The standard InChI is InChI=1S/C12H22N2O3S.ClH/c1-14(5-6-18(2,16)17)12(15)10-8-3-4-9(7-8)11(10)13;/h8-11H,3-7,13H2,1-2H3;1H. The van der Waals surface area contributed by atoms with E-state index in [0.29, 0.717) is 11.8 Å². The van der Waals surface area contributed by atoms with Gasteiger partial charge < -0.3 is 10.6 Å². The van der Waals surface area contributed by atoms with Crippen LogP contribution in [0.2, 0.25) is 0 Å². The van der Waals surface area contributed by atoms with Crippen LogP contribution in [0.5, 0.6) is 0 Å². The summed E-state index contributed by atoms with van der Waals surface area (Å²) in [5, 5.41) is 0. The minimum atomic E-state index is -3.03. The van der Waals surface area contributed by atoms with E-state index in [-0.39, 0.29) is 42.6 Å². The Labute approximate surface area is 121 Å². The molecule has 0 aromatic heterocycles. The number of hydrogen-bond acceptors (Lipinski definition) is 4. The Balaban J connectivity index is 0.00000180. The largest absolute Gasteiger partial charge is 0.344 e. The number of fused-ring (bicyclic) bond motifs is 2. The quantitative estimate of drug-likeness (QED) is 0.809. The molecule has 2 fully saturated rings. The Morgan fingerprint density at radius 2 is 1.89 bits per heavy atom. The first-order valence-corrected chi connectivity index (χ1v) is 8.54.